The van der Waals surface area contributed by atoms with Crippen LogP contribution in [0.1, 0.15) is 24.6 Å². The highest BCUT2D eigenvalue weighted by atomic mass is 79.9. The Labute approximate surface area is 130 Å². The number of carboxylic acid groups (broad SMARTS) is 1. The van der Waals surface area contributed by atoms with Crippen LogP contribution in [0.2, 0.25) is 0 Å². The zero-order valence-corrected chi connectivity index (χ0v) is 13.5. The lowest BCUT2D eigenvalue weighted by atomic mass is 10.1. The van der Waals surface area contributed by atoms with E-state index in [9.17, 15) is 4.79 Å². The van der Waals surface area contributed by atoms with Crippen LogP contribution in [0, 0.1) is 0 Å². The Morgan fingerprint density at radius 1 is 1.43 bits per heavy atom. The molecule has 0 unspecified atom stereocenters. The molecule has 3 aromatic rings. The van der Waals surface area contributed by atoms with E-state index in [1.165, 1.54) is 5.56 Å². The summed E-state index contributed by atoms with van der Waals surface area (Å²) < 4.78 is 4.87. The molecule has 0 aliphatic carbocycles. The number of rotatable bonds is 4. The minimum atomic E-state index is -0.793. The molecule has 0 atom stereocenters. The van der Waals surface area contributed by atoms with Crippen molar-refractivity contribution >= 4 is 38.7 Å². The van der Waals surface area contributed by atoms with E-state index in [2.05, 4.69) is 46.0 Å². The molecule has 0 amide bonds. The summed E-state index contributed by atoms with van der Waals surface area (Å²) in [7, 11) is 1.92. The van der Waals surface area contributed by atoms with Crippen LogP contribution in [0.3, 0.4) is 0 Å². The van der Waals surface area contributed by atoms with Crippen LogP contribution in [0.15, 0.2) is 22.8 Å². The fourth-order valence-electron chi connectivity index (χ4n) is 2.64. The minimum Gasteiger partial charge on any atom is -0.481 e. The van der Waals surface area contributed by atoms with Crippen LogP contribution >= 0.6 is 15.9 Å². The molecule has 5 nitrogen and oxygen atoms in total. The number of aliphatic carboxylic acids is 1. The third kappa shape index (κ3) is 2.23. The van der Waals surface area contributed by atoms with E-state index in [-0.39, 0.29) is 6.42 Å². The summed E-state index contributed by atoms with van der Waals surface area (Å²) in [5, 5.41) is 8.86. The molecule has 1 N–H and O–H groups in total. The van der Waals surface area contributed by atoms with Crippen molar-refractivity contribution in [3.63, 3.8) is 0 Å². The maximum atomic E-state index is 10.8. The molecule has 0 saturated carbocycles. The molecule has 0 spiro atoms. The Morgan fingerprint density at radius 2 is 2.19 bits per heavy atom. The third-order valence-electron chi connectivity index (χ3n) is 3.82. The van der Waals surface area contributed by atoms with Crippen molar-refractivity contribution < 1.29 is 9.90 Å². The van der Waals surface area contributed by atoms with Crippen molar-refractivity contribution in [2.24, 2.45) is 7.05 Å². The fourth-order valence-corrected chi connectivity index (χ4v) is 3.45. The third-order valence-corrected chi connectivity index (χ3v) is 4.64. The van der Waals surface area contributed by atoms with E-state index >= 15 is 0 Å². The average molecular weight is 350 g/mol. The number of fused-ring (bicyclic) bond motifs is 3. The normalized spacial score (nSPS) is 11.6. The van der Waals surface area contributed by atoms with Gasteiger partial charge >= 0.3 is 5.97 Å². The van der Waals surface area contributed by atoms with Gasteiger partial charge in [0.25, 0.3) is 0 Å². The van der Waals surface area contributed by atoms with E-state index in [1.807, 2.05) is 16.0 Å². The maximum absolute atomic E-state index is 10.8. The lowest BCUT2D eigenvalue weighted by Crippen LogP contribution is -2.02. The molecule has 0 aliphatic heterocycles. The van der Waals surface area contributed by atoms with Crippen molar-refractivity contribution in [3.05, 3.63) is 34.1 Å². The molecule has 6 heteroatoms. The number of nitrogens with zero attached hydrogens (tertiary/aromatic N) is 3. The van der Waals surface area contributed by atoms with Crippen LogP contribution in [-0.2, 0) is 24.7 Å². The molecule has 0 bridgehead atoms. The van der Waals surface area contributed by atoms with Crippen molar-refractivity contribution in [1.29, 1.82) is 0 Å². The molecular weight excluding hydrogens is 334 g/mol. The second-order valence-electron chi connectivity index (χ2n) is 5.11. The van der Waals surface area contributed by atoms with Gasteiger partial charge in [-0.2, -0.15) is 0 Å². The van der Waals surface area contributed by atoms with Gasteiger partial charge < -0.3 is 9.67 Å². The number of aryl methyl sites for hydroxylation is 2. The first-order chi connectivity index (χ1) is 10.0. The number of aromatic nitrogens is 3. The van der Waals surface area contributed by atoms with Gasteiger partial charge in [-0.15, -0.1) is 0 Å². The zero-order chi connectivity index (χ0) is 15.1. The molecule has 21 heavy (non-hydrogen) atoms. The Kier molecular flexibility index (Phi) is 3.49. The number of hydrogen-bond donors (Lipinski definition) is 1. The Hall–Kier alpha value is -1.82. The number of imidazole rings is 2. The highest BCUT2D eigenvalue weighted by molar-refractivity contribution is 9.10. The summed E-state index contributed by atoms with van der Waals surface area (Å²) >= 11 is 3.60. The van der Waals surface area contributed by atoms with E-state index < -0.39 is 5.97 Å². The highest BCUT2D eigenvalue weighted by Crippen LogP contribution is 2.28. The topological polar surface area (TPSA) is 59.5 Å². The summed E-state index contributed by atoms with van der Waals surface area (Å²) in [4.78, 5) is 15.5. The SMILES string of the molecule is CCc1ccc2c(c1)nc1n(C)c(CCC(=O)O)c(Br)n21. The molecule has 1 aromatic carbocycles. The van der Waals surface area contributed by atoms with E-state index in [0.29, 0.717) is 6.42 Å². The van der Waals surface area contributed by atoms with Gasteiger partial charge in [-0.25, -0.2) is 4.98 Å². The first kappa shape index (κ1) is 14.1. The van der Waals surface area contributed by atoms with Gasteiger partial charge in [-0.3, -0.25) is 9.20 Å². The van der Waals surface area contributed by atoms with Crippen LogP contribution in [0.5, 0.6) is 0 Å². The van der Waals surface area contributed by atoms with Crippen LogP contribution < -0.4 is 0 Å². The second kappa shape index (κ2) is 5.18. The Balaban J connectivity index is 2.19. The summed E-state index contributed by atoms with van der Waals surface area (Å²) in [6, 6.07) is 6.28. The first-order valence-electron chi connectivity index (χ1n) is 6.88. The molecule has 0 saturated heterocycles. The largest absolute Gasteiger partial charge is 0.481 e. The molecule has 0 fully saturated rings. The van der Waals surface area contributed by atoms with Gasteiger partial charge in [0.1, 0.15) is 4.60 Å². The number of carboxylic acids is 1. The lowest BCUT2D eigenvalue weighted by molar-refractivity contribution is -0.136. The van der Waals surface area contributed by atoms with E-state index in [0.717, 1.165) is 33.5 Å². The second-order valence-corrected chi connectivity index (χ2v) is 5.87. The summed E-state index contributed by atoms with van der Waals surface area (Å²) in [6.07, 6.45) is 1.57. The van der Waals surface area contributed by atoms with Crippen molar-refractivity contribution in [3.8, 4) is 0 Å². The predicted octanol–water partition coefficient (Wildman–Crippen LogP) is 3.17. The van der Waals surface area contributed by atoms with Crippen LogP contribution in [-0.4, -0.2) is 25.0 Å². The lowest BCUT2D eigenvalue weighted by Gasteiger charge is -2.02. The van der Waals surface area contributed by atoms with Crippen molar-refractivity contribution in [1.82, 2.24) is 14.0 Å². The molecule has 2 heterocycles. The average Bonchev–Trinajstić information content (AvgIpc) is 2.93. The number of benzene rings is 1. The standard InChI is InChI=1S/C15H16BrN3O2/c1-3-9-4-5-11-10(8-9)17-15-18(2)12(6-7-13(20)21)14(16)19(11)15/h4-5,8H,3,6-7H2,1-2H3,(H,20,21). The van der Waals surface area contributed by atoms with Crippen molar-refractivity contribution in [2.45, 2.75) is 26.2 Å². The van der Waals surface area contributed by atoms with Crippen molar-refractivity contribution in [2.75, 3.05) is 0 Å². The summed E-state index contributed by atoms with van der Waals surface area (Å²) in [5.41, 5.74) is 4.20. The zero-order valence-electron chi connectivity index (χ0n) is 11.9. The first-order valence-corrected chi connectivity index (χ1v) is 7.68. The van der Waals surface area contributed by atoms with Gasteiger partial charge in [0.05, 0.1) is 23.1 Å². The highest BCUT2D eigenvalue weighted by Gasteiger charge is 2.18. The monoisotopic (exact) mass is 349 g/mol. The van der Waals surface area contributed by atoms with Gasteiger partial charge in [-0.05, 0) is 40.0 Å². The van der Waals surface area contributed by atoms with Crippen LogP contribution in [0.4, 0.5) is 0 Å². The maximum Gasteiger partial charge on any atom is 0.303 e. The number of carbonyl (C=O) groups is 1. The molecule has 2 aromatic heterocycles. The quantitative estimate of drug-likeness (QED) is 0.786. The van der Waals surface area contributed by atoms with E-state index in [1.54, 1.807) is 0 Å². The Bertz CT molecular complexity index is 848. The predicted molar refractivity (Wildman–Crippen MR) is 84.7 cm³/mol. The molecule has 0 radical (unpaired) electrons. The molecule has 0 aliphatic rings. The van der Waals surface area contributed by atoms with Crippen LogP contribution in [0.25, 0.3) is 16.8 Å². The van der Waals surface area contributed by atoms with Gasteiger partial charge in [0.2, 0.25) is 5.78 Å². The number of hydrogen-bond acceptors (Lipinski definition) is 2. The Morgan fingerprint density at radius 3 is 2.86 bits per heavy atom. The van der Waals surface area contributed by atoms with E-state index in [4.69, 9.17) is 5.11 Å². The van der Waals surface area contributed by atoms with Gasteiger partial charge in [0.15, 0.2) is 0 Å². The summed E-state index contributed by atoms with van der Waals surface area (Å²) in [5.74, 6) is 0.0312. The minimum absolute atomic E-state index is 0.109. The van der Waals surface area contributed by atoms with Gasteiger partial charge in [0, 0.05) is 13.5 Å². The molecule has 110 valence electrons. The molecule has 3 rings (SSSR count). The number of halogens is 1. The summed E-state index contributed by atoms with van der Waals surface area (Å²) in [6.45, 7) is 2.12. The molecular formula is C15H16BrN3O2. The fraction of sp³-hybridized carbons (Fsp3) is 0.333. The smallest absolute Gasteiger partial charge is 0.303 e. The van der Waals surface area contributed by atoms with Gasteiger partial charge in [-0.1, -0.05) is 13.0 Å².